The van der Waals surface area contributed by atoms with Crippen molar-refractivity contribution >= 4 is 8.03 Å². The van der Waals surface area contributed by atoms with Crippen LogP contribution in [-0.2, 0) is 4.57 Å². The molecule has 5 heteroatoms. The quantitative estimate of drug-likeness (QED) is 0.612. The molecule has 0 amide bonds. The zero-order valence-electron chi connectivity index (χ0n) is 9.68. The first kappa shape index (κ1) is 15.0. The summed E-state index contributed by atoms with van der Waals surface area (Å²) in [6, 6.07) is 0. The van der Waals surface area contributed by atoms with Gasteiger partial charge in [-0.15, -0.1) is 0 Å². The fourth-order valence-corrected chi connectivity index (χ4v) is 2.39. The maximum Gasteiger partial charge on any atom is 0.505 e. The second kappa shape index (κ2) is 6.54. The third kappa shape index (κ3) is 6.21. The zero-order valence-corrected chi connectivity index (χ0v) is 10.6. The van der Waals surface area contributed by atoms with Crippen LogP contribution in [0.2, 0.25) is 0 Å². The minimum Gasteiger partial charge on any atom is -0.396 e. The lowest BCUT2D eigenvalue weighted by atomic mass is 9.80. The summed E-state index contributed by atoms with van der Waals surface area (Å²) in [5.41, 5.74) is -0.300. The number of rotatable bonds is 6. The molecule has 0 aliphatic rings. The van der Waals surface area contributed by atoms with Gasteiger partial charge in [-0.25, -0.2) is 0 Å². The van der Waals surface area contributed by atoms with E-state index in [0.717, 1.165) is 0 Å². The van der Waals surface area contributed by atoms with E-state index in [1.165, 1.54) is 0 Å². The summed E-state index contributed by atoms with van der Waals surface area (Å²) in [4.78, 5) is 8.87. The summed E-state index contributed by atoms with van der Waals surface area (Å²) in [7, 11) is -2.23. The van der Waals surface area contributed by atoms with Crippen molar-refractivity contribution in [3.05, 3.63) is 0 Å². The fraction of sp³-hybridized carbons (Fsp3) is 1.00. The van der Waals surface area contributed by atoms with Gasteiger partial charge in [-0.2, -0.15) is 4.89 Å². The van der Waals surface area contributed by atoms with Crippen LogP contribution in [0.1, 0.15) is 33.6 Å². The number of aliphatic hydroxyl groups is 2. The first-order valence-corrected chi connectivity index (χ1v) is 6.61. The van der Waals surface area contributed by atoms with Gasteiger partial charge in [0.05, 0.1) is 6.10 Å². The van der Waals surface area contributed by atoms with Gasteiger partial charge >= 0.3 is 8.03 Å². The molecule has 0 aromatic rings. The van der Waals surface area contributed by atoms with Gasteiger partial charge in [-0.05, 0) is 22.8 Å². The molecule has 3 N–H and O–H groups in total. The van der Waals surface area contributed by atoms with E-state index in [1.54, 1.807) is 0 Å². The molecule has 0 radical (unpaired) electrons. The zero-order chi connectivity index (χ0) is 12.1. The molecule has 0 aromatic heterocycles. The van der Waals surface area contributed by atoms with Gasteiger partial charge in [-0.3, -0.25) is 0 Å². The lowest BCUT2D eigenvalue weighted by molar-refractivity contribution is 0.0139. The summed E-state index contributed by atoms with van der Waals surface area (Å²) in [5.74, 6) is -0.217. The molecular formula is C10H22O4P+. The predicted octanol–water partition coefficient (Wildman–Crippen LogP) is 1.52. The Morgan fingerprint density at radius 1 is 1.33 bits per heavy atom. The Morgan fingerprint density at radius 3 is 2.20 bits per heavy atom. The van der Waals surface area contributed by atoms with Crippen LogP contribution in [-0.4, -0.2) is 34.0 Å². The number of hydrogen-bond acceptors (Lipinski definition) is 3. The van der Waals surface area contributed by atoms with Gasteiger partial charge in [-0.1, -0.05) is 20.8 Å². The van der Waals surface area contributed by atoms with Crippen molar-refractivity contribution in [2.24, 2.45) is 11.3 Å². The van der Waals surface area contributed by atoms with Crippen LogP contribution < -0.4 is 0 Å². The van der Waals surface area contributed by atoms with Crippen LogP contribution in [0.15, 0.2) is 0 Å². The SMILES string of the molecule is CC(C)(C)C(O)C(CCCO)C[P+](=O)O. The smallest absolute Gasteiger partial charge is 0.396 e. The molecule has 90 valence electrons. The van der Waals surface area contributed by atoms with E-state index < -0.39 is 14.1 Å². The molecule has 0 saturated carbocycles. The molecule has 0 aromatic carbocycles. The third-order valence-corrected chi connectivity index (χ3v) is 3.24. The third-order valence-electron chi connectivity index (χ3n) is 2.46. The highest BCUT2D eigenvalue weighted by atomic mass is 31.1. The lowest BCUT2D eigenvalue weighted by Crippen LogP contribution is -2.35. The molecule has 0 spiro atoms. The molecule has 3 unspecified atom stereocenters. The van der Waals surface area contributed by atoms with E-state index in [4.69, 9.17) is 10.00 Å². The van der Waals surface area contributed by atoms with Crippen molar-refractivity contribution in [1.82, 2.24) is 0 Å². The monoisotopic (exact) mass is 237 g/mol. The van der Waals surface area contributed by atoms with Gasteiger partial charge in [0.15, 0.2) is 6.16 Å². The van der Waals surface area contributed by atoms with Gasteiger partial charge in [0.25, 0.3) is 0 Å². The molecule has 4 nitrogen and oxygen atoms in total. The predicted molar refractivity (Wildman–Crippen MR) is 60.0 cm³/mol. The van der Waals surface area contributed by atoms with Crippen molar-refractivity contribution in [3.63, 3.8) is 0 Å². The summed E-state index contributed by atoms with van der Waals surface area (Å²) >= 11 is 0. The van der Waals surface area contributed by atoms with Crippen molar-refractivity contribution in [1.29, 1.82) is 0 Å². The molecule has 0 bridgehead atoms. The molecule has 3 atom stereocenters. The molecule has 0 rings (SSSR count). The Bertz CT molecular complexity index is 200. The van der Waals surface area contributed by atoms with E-state index in [1.807, 2.05) is 20.8 Å². The highest BCUT2D eigenvalue weighted by molar-refractivity contribution is 7.38. The Balaban J connectivity index is 4.40. The largest absolute Gasteiger partial charge is 0.505 e. The standard InChI is InChI=1S/C10H21O4P/c1-10(2,3)9(12)8(5-4-6-11)7-15(13)14/h8-9,11-12H,4-7H2,1-3H3/p+1. The highest BCUT2D eigenvalue weighted by Crippen LogP contribution is 2.32. The Hall–Kier alpha value is -0.0200. The van der Waals surface area contributed by atoms with Crippen molar-refractivity contribution in [2.45, 2.75) is 39.7 Å². The summed E-state index contributed by atoms with van der Waals surface area (Å²) in [5, 5.41) is 18.7. The minimum absolute atomic E-state index is 0.0512. The maximum absolute atomic E-state index is 10.8. The highest BCUT2D eigenvalue weighted by Gasteiger charge is 2.34. The molecular weight excluding hydrogens is 215 g/mol. The van der Waals surface area contributed by atoms with E-state index >= 15 is 0 Å². The van der Waals surface area contributed by atoms with Crippen molar-refractivity contribution in [2.75, 3.05) is 12.8 Å². The van der Waals surface area contributed by atoms with Crippen LogP contribution >= 0.6 is 8.03 Å². The van der Waals surface area contributed by atoms with Gasteiger partial charge < -0.3 is 10.2 Å². The number of hydrogen-bond donors (Lipinski definition) is 3. The molecule has 0 saturated heterocycles. The van der Waals surface area contributed by atoms with E-state index in [0.29, 0.717) is 12.8 Å². The van der Waals surface area contributed by atoms with Crippen molar-refractivity contribution in [3.8, 4) is 0 Å². The molecule has 0 fully saturated rings. The fourth-order valence-electron chi connectivity index (χ4n) is 1.61. The number of aliphatic hydroxyl groups excluding tert-OH is 2. The lowest BCUT2D eigenvalue weighted by Gasteiger charge is -2.30. The molecule has 0 heterocycles. The van der Waals surface area contributed by atoms with Gasteiger partial charge in [0.1, 0.15) is 0 Å². The normalized spacial score (nSPS) is 17.3. The molecule has 0 aliphatic carbocycles. The average Bonchev–Trinajstić information content (AvgIpc) is 2.09. The topological polar surface area (TPSA) is 77.8 Å². The van der Waals surface area contributed by atoms with E-state index in [9.17, 15) is 9.67 Å². The van der Waals surface area contributed by atoms with Crippen molar-refractivity contribution < 1.29 is 19.7 Å². The summed E-state index contributed by atoms with van der Waals surface area (Å²) in [6.07, 6.45) is 0.626. The van der Waals surface area contributed by atoms with Gasteiger partial charge in [0.2, 0.25) is 0 Å². The second-order valence-electron chi connectivity index (χ2n) is 4.97. The summed E-state index contributed by atoms with van der Waals surface area (Å²) in [6.45, 7) is 5.74. The first-order valence-electron chi connectivity index (χ1n) is 5.21. The second-order valence-corrected chi connectivity index (χ2v) is 6.04. The van der Waals surface area contributed by atoms with Crippen LogP contribution in [0.4, 0.5) is 0 Å². The minimum atomic E-state index is -2.23. The molecule has 15 heavy (non-hydrogen) atoms. The van der Waals surface area contributed by atoms with Crippen LogP contribution in [0.3, 0.4) is 0 Å². The van der Waals surface area contributed by atoms with Crippen LogP contribution in [0, 0.1) is 11.3 Å². The van der Waals surface area contributed by atoms with Gasteiger partial charge in [0, 0.05) is 12.5 Å². The summed E-state index contributed by atoms with van der Waals surface area (Å²) < 4.78 is 10.8. The first-order chi connectivity index (χ1) is 6.79. The van der Waals surface area contributed by atoms with E-state index in [-0.39, 0.29) is 24.1 Å². The Morgan fingerprint density at radius 2 is 1.87 bits per heavy atom. The Labute approximate surface area is 92.2 Å². The van der Waals surface area contributed by atoms with E-state index in [2.05, 4.69) is 0 Å². The average molecular weight is 237 g/mol. The van der Waals surface area contributed by atoms with Crippen LogP contribution in [0.25, 0.3) is 0 Å². The molecule has 0 aliphatic heterocycles. The maximum atomic E-state index is 10.8. The van der Waals surface area contributed by atoms with Crippen LogP contribution in [0.5, 0.6) is 0 Å². The Kier molecular flexibility index (Phi) is 6.53.